The Morgan fingerprint density at radius 1 is 1.00 bits per heavy atom. The van der Waals surface area contributed by atoms with Crippen LogP contribution in [0, 0.1) is 12.8 Å². The van der Waals surface area contributed by atoms with E-state index < -0.39 is 0 Å². The summed E-state index contributed by atoms with van der Waals surface area (Å²) < 4.78 is 0. The lowest BCUT2D eigenvalue weighted by atomic mass is 9.99. The highest BCUT2D eigenvalue weighted by atomic mass is 16.2. The quantitative estimate of drug-likeness (QED) is 0.807. The van der Waals surface area contributed by atoms with Crippen molar-refractivity contribution in [3.63, 3.8) is 0 Å². The predicted molar refractivity (Wildman–Crippen MR) is 114 cm³/mol. The van der Waals surface area contributed by atoms with Crippen molar-refractivity contribution in [3.8, 4) is 0 Å². The van der Waals surface area contributed by atoms with Crippen molar-refractivity contribution >= 4 is 23.2 Å². The molecule has 2 N–H and O–H groups in total. The molecule has 28 heavy (non-hydrogen) atoms. The van der Waals surface area contributed by atoms with Crippen LogP contribution in [0.25, 0.3) is 0 Å². The van der Waals surface area contributed by atoms with Gasteiger partial charge in [-0.15, -0.1) is 0 Å². The summed E-state index contributed by atoms with van der Waals surface area (Å²) in [5.41, 5.74) is 3.98. The highest BCUT2D eigenvalue weighted by molar-refractivity contribution is 5.94. The van der Waals surface area contributed by atoms with E-state index in [0.717, 1.165) is 35.8 Å². The van der Waals surface area contributed by atoms with E-state index in [4.69, 9.17) is 0 Å². The van der Waals surface area contributed by atoms with Gasteiger partial charge in [0.05, 0.1) is 13.0 Å². The molecule has 148 valence electrons. The third kappa shape index (κ3) is 5.59. The summed E-state index contributed by atoms with van der Waals surface area (Å²) in [7, 11) is 0. The molecule has 5 heteroatoms. The second-order valence-electron chi connectivity index (χ2n) is 7.64. The van der Waals surface area contributed by atoms with Crippen LogP contribution < -0.4 is 15.5 Å². The molecule has 5 nitrogen and oxygen atoms in total. The van der Waals surface area contributed by atoms with Crippen LogP contribution in [0.5, 0.6) is 0 Å². The van der Waals surface area contributed by atoms with Crippen molar-refractivity contribution in [2.24, 2.45) is 5.92 Å². The molecule has 1 saturated heterocycles. The molecule has 1 aliphatic rings. The molecule has 0 radical (unpaired) electrons. The summed E-state index contributed by atoms with van der Waals surface area (Å²) in [5.74, 6) is 0.424. The van der Waals surface area contributed by atoms with Gasteiger partial charge in [0.15, 0.2) is 0 Å². The summed E-state index contributed by atoms with van der Waals surface area (Å²) in [4.78, 5) is 26.6. The van der Waals surface area contributed by atoms with Crippen molar-refractivity contribution in [1.29, 1.82) is 0 Å². The number of nitrogens with zero attached hydrogens (tertiary/aromatic N) is 1. The molecule has 1 aliphatic heterocycles. The fourth-order valence-corrected chi connectivity index (χ4v) is 3.45. The van der Waals surface area contributed by atoms with Gasteiger partial charge in [-0.3, -0.25) is 9.59 Å². The number of carbonyl (C=O) groups is 2. The number of aryl methyl sites for hydroxylation is 1. The lowest BCUT2D eigenvalue weighted by Gasteiger charge is -2.32. The highest BCUT2D eigenvalue weighted by Crippen LogP contribution is 2.24. The van der Waals surface area contributed by atoms with Gasteiger partial charge in [0, 0.05) is 24.5 Å². The van der Waals surface area contributed by atoms with Crippen molar-refractivity contribution in [2.75, 3.05) is 29.9 Å². The lowest BCUT2D eigenvalue weighted by molar-refractivity contribution is -0.123. The smallest absolute Gasteiger partial charge is 0.243 e. The molecule has 2 aromatic rings. The van der Waals surface area contributed by atoms with Crippen molar-refractivity contribution in [1.82, 2.24) is 5.32 Å². The highest BCUT2D eigenvalue weighted by Gasteiger charge is 2.16. The van der Waals surface area contributed by atoms with Gasteiger partial charge in [0.25, 0.3) is 0 Å². The van der Waals surface area contributed by atoms with Gasteiger partial charge in [-0.2, -0.15) is 0 Å². The average Bonchev–Trinajstić information content (AvgIpc) is 2.69. The topological polar surface area (TPSA) is 61.4 Å². The molecule has 0 spiro atoms. The van der Waals surface area contributed by atoms with E-state index in [9.17, 15) is 9.59 Å². The normalized spacial score (nSPS) is 14.6. The molecule has 2 aromatic carbocycles. The van der Waals surface area contributed by atoms with Gasteiger partial charge >= 0.3 is 0 Å². The van der Waals surface area contributed by atoms with Crippen LogP contribution in [0.3, 0.4) is 0 Å². The first-order valence-corrected chi connectivity index (χ1v) is 9.97. The fourth-order valence-electron chi connectivity index (χ4n) is 3.45. The zero-order valence-corrected chi connectivity index (χ0v) is 16.7. The maximum atomic E-state index is 12.1. The first-order chi connectivity index (χ1) is 13.5. The van der Waals surface area contributed by atoms with E-state index in [1.54, 1.807) is 0 Å². The number of amides is 2. The van der Waals surface area contributed by atoms with Crippen LogP contribution in [0.2, 0.25) is 0 Å². The lowest BCUT2D eigenvalue weighted by Crippen LogP contribution is -2.34. The van der Waals surface area contributed by atoms with Gasteiger partial charge in [0.1, 0.15) is 0 Å². The zero-order valence-electron chi connectivity index (χ0n) is 16.7. The van der Waals surface area contributed by atoms with E-state index >= 15 is 0 Å². The minimum absolute atomic E-state index is 0.0313. The monoisotopic (exact) mass is 379 g/mol. The molecule has 2 amide bonds. The number of carbonyl (C=O) groups excluding carboxylic acids is 2. The van der Waals surface area contributed by atoms with Crippen molar-refractivity contribution in [3.05, 3.63) is 59.7 Å². The molecule has 0 bridgehead atoms. The molecule has 0 aliphatic carbocycles. The van der Waals surface area contributed by atoms with Crippen LogP contribution in [-0.4, -0.2) is 31.4 Å². The minimum atomic E-state index is -0.224. The summed E-state index contributed by atoms with van der Waals surface area (Å²) in [6.07, 6.45) is 2.73. The molecule has 0 unspecified atom stereocenters. The number of benzene rings is 2. The molecule has 1 fully saturated rings. The van der Waals surface area contributed by atoms with Crippen molar-refractivity contribution in [2.45, 2.75) is 33.1 Å². The van der Waals surface area contributed by atoms with Gasteiger partial charge in [-0.05, 0) is 61.1 Å². The largest absolute Gasteiger partial charge is 0.372 e. The van der Waals surface area contributed by atoms with E-state index in [1.165, 1.54) is 18.5 Å². The number of hydrogen-bond acceptors (Lipinski definition) is 3. The number of rotatable bonds is 6. The Hall–Kier alpha value is -2.82. The Kier molecular flexibility index (Phi) is 6.69. The Morgan fingerprint density at radius 3 is 2.36 bits per heavy atom. The first kappa shape index (κ1) is 19.9. The van der Waals surface area contributed by atoms with Crippen molar-refractivity contribution < 1.29 is 9.59 Å². The standard InChI is InChI=1S/C23H29N3O2/c1-17-11-13-26(14-12-17)21-9-7-20(8-10-21)25-23(28)16-24-22(27)15-19-6-4-3-5-18(19)2/h3-10,17H,11-16H2,1-2H3,(H,24,27)(H,25,28). The second-order valence-corrected chi connectivity index (χ2v) is 7.64. The molecule has 0 aromatic heterocycles. The van der Waals surface area contributed by atoms with Crippen LogP contribution in [-0.2, 0) is 16.0 Å². The van der Waals surface area contributed by atoms with E-state index in [2.05, 4.69) is 22.5 Å². The van der Waals surface area contributed by atoms with Crippen LogP contribution in [0.4, 0.5) is 11.4 Å². The third-order valence-electron chi connectivity index (χ3n) is 5.36. The first-order valence-electron chi connectivity index (χ1n) is 9.97. The van der Waals surface area contributed by atoms with Gasteiger partial charge in [-0.25, -0.2) is 0 Å². The minimum Gasteiger partial charge on any atom is -0.372 e. The average molecular weight is 380 g/mol. The SMILES string of the molecule is Cc1ccccc1CC(=O)NCC(=O)Nc1ccc(N2CCC(C)CC2)cc1. The molecule has 3 rings (SSSR count). The summed E-state index contributed by atoms with van der Waals surface area (Å²) in [5, 5.41) is 5.52. The maximum Gasteiger partial charge on any atom is 0.243 e. The van der Waals surface area contributed by atoms with Crippen LogP contribution in [0.15, 0.2) is 48.5 Å². The molecular formula is C23H29N3O2. The fraction of sp³-hybridized carbons (Fsp3) is 0.391. The number of anilines is 2. The molecule has 1 heterocycles. The van der Waals surface area contributed by atoms with Crippen LogP contribution in [0.1, 0.15) is 30.9 Å². The zero-order chi connectivity index (χ0) is 19.9. The summed E-state index contributed by atoms with van der Waals surface area (Å²) in [6.45, 7) is 6.41. The summed E-state index contributed by atoms with van der Waals surface area (Å²) in [6, 6.07) is 15.7. The maximum absolute atomic E-state index is 12.1. The molecule has 0 atom stereocenters. The van der Waals surface area contributed by atoms with Crippen LogP contribution >= 0.6 is 0 Å². The predicted octanol–water partition coefficient (Wildman–Crippen LogP) is 3.53. The van der Waals surface area contributed by atoms with Gasteiger partial charge in [0.2, 0.25) is 11.8 Å². The third-order valence-corrected chi connectivity index (χ3v) is 5.36. The summed E-state index contributed by atoms with van der Waals surface area (Å²) >= 11 is 0. The number of nitrogens with one attached hydrogen (secondary N) is 2. The number of piperidine rings is 1. The Bertz CT molecular complexity index is 809. The Morgan fingerprint density at radius 2 is 1.68 bits per heavy atom. The van der Waals surface area contributed by atoms with Gasteiger partial charge in [-0.1, -0.05) is 31.2 Å². The number of hydrogen-bond donors (Lipinski definition) is 2. The Balaban J connectivity index is 1.44. The molecular weight excluding hydrogens is 350 g/mol. The van der Waals surface area contributed by atoms with E-state index in [0.29, 0.717) is 0 Å². The molecule has 0 saturated carbocycles. The van der Waals surface area contributed by atoms with Gasteiger partial charge < -0.3 is 15.5 Å². The Labute approximate surface area is 167 Å². The van der Waals surface area contributed by atoms with E-state index in [1.807, 2.05) is 55.5 Å². The second kappa shape index (κ2) is 9.40. The van der Waals surface area contributed by atoms with E-state index in [-0.39, 0.29) is 24.8 Å².